The van der Waals surface area contributed by atoms with Crippen molar-refractivity contribution in [1.82, 2.24) is 9.97 Å². The Labute approximate surface area is 151 Å². The molecule has 0 N–H and O–H groups in total. The summed E-state index contributed by atoms with van der Waals surface area (Å²) in [7, 11) is 1.40. The standard InChI is InChI=1S/C18H20N4O4/c1-12-9-16(21-8-4-6-14(11-21)18(23)26-2)20-17(19-12)13-5-3-7-15(10-13)22(24)25/h3,5,7,9-10,14H,4,6,8,11H2,1-2H3. The quantitative estimate of drug-likeness (QED) is 0.472. The van der Waals surface area contributed by atoms with E-state index >= 15 is 0 Å². The fourth-order valence-corrected chi connectivity index (χ4v) is 3.15. The van der Waals surface area contributed by atoms with Gasteiger partial charge in [-0.3, -0.25) is 14.9 Å². The monoisotopic (exact) mass is 356 g/mol. The van der Waals surface area contributed by atoms with Gasteiger partial charge in [0.1, 0.15) is 5.82 Å². The highest BCUT2D eigenvalue weighted by molar-refractivity contribution is 5.73. The fourth-order valence-electron chi connectivity index (χ4n) is 3.15. The number of anilines is 1. The molecule has 1 aliphatic rings. The van der Waals surface area contributed by atoms with Crippen LogP contribution in [0.15, 0.2) is 30.3 Å². The van der Waals surface area contributed by atoms with Crippen LogP contribution in [0.25, 0.3) is 11.4 Å². The van der Waals surface area contributed by atoms with Crippen molar-refractivity contribution in [3.63, 3.8) is 0 Å². The number of hydrogen-bond donors (Lipinski definition) is 0. The average molecular weight is 356 g/mol. The third-order valence-corrected chi connectivity index (χ3v) is 4.44. The van der Waals surface area contributed by atoms with Crippen LogP contribution in [-0.4, -0.2) is 41.1 Å². The number of benzene rings is 1. The molecule has 1 fully saturated rings. The van der Waals surface area contributed by atoms with Crippen molar-refractivity contribution >= 4 is 17.5 Å². The van der Waals surface area contributed by atoms with Crippen molar-refractivity contribution in [3.8, 4) is 11.4 Å². The number of carbonyl (C=O) groups is 1. The van der Waals surface area contributed by atoms with Gasteiger partial charge in [-0.2, -0.15) is 0 Å². The zero-order chi connectivity index (χ0) is 18.7. The zero-order valence-corrected chi connectivity index (χ0v) is 14.7. The van der Waals surface area contributed by atoms with Gasteiger partial charge < -0.3 is 9.64 Å². The van der Waals surface area contributed by atoms with Crippen LogP contribution in [0, 0.1) is 23.0 Å². The predicted molar refractivity (Wildman–Crippen MR) is 95.8 cm³/mol. The first-order chi connectivity index (χ1) is 12.5. The summed E-state index contributed by atoms with van der Waals surface area (Å²) in [5.74, 6) is 0.765. The number of methoxy groups -OCH3 is 1. The number of non-ortho nitro benzene ring substituents is 1. The molecule has 2 heterocycles. The summed E-state index contributed by atoms with van der Waals surface area (Å²) in [5.41, 5.74) is 1.35. The normalized spacial score (nSPS) is 17.0. The molecule has 1 aliphatic heterocycles. The molecule has 1 saturated heterocycles. The van der Waals surface area contributed by atoms with Gasteiger partial charge in [-0.25, -0.2) is 9.97 Å². The van der Waals surface area contributed by atoms with Crippen molar-refractivity contribution < 1.29 is 14.5 Å². The third-order valence-electron chi connectivity index (χ3n) is 4.44. The minimum Gasteiger partial charge on any atom is -0.469 e. The number of piperidine rings is 1. The lowest BCUT2D eigenvalue weighted by Gasteiger charge is -2.32. The molecule has 8 heteroatoms. The second kappa shape index (κ2) is 7.47. The van der Waals surface area contributed by atoms with Crippen molar-refractivity contribution in [1.29, 1.82) is 0 Å². The number of hydrogen-bond acceptors (Lipinski definition) is 7. The molecule has 3 rings (SSSR count). The summed E-state index contributed by atoms with van der Waals surface area (Å²) >= 11 is 0. The number of carbonyl (C=O) groups excluding carboxylic acids is 1. The highest BCUT2D eigenvalue weighted by Crippen LogP contribution is 2.26. The van der Waals surface area contributed by atoms with Crippen LogP contribution < -0.4 is 4.90 Å². The van der Waals surface area contributed by atoms with Crippen molar-refractivity contribution in [2.45, 2.75) is 19.8 Å². The molecule has 0 aliphatic carbocycles. The lowest BCUT2D eigenvalue weighted by Crippen LogP contribution is -2.39. The highest BCUT2D eigenvalue weighted by Gasteiger charge is 2.27. The molecule has 1 aromatic heterocycles. The molecule has 0 saturated carbocycles. The van der Waals surface area contributed by atoms with E-state index in [-0.39, 0.29) is 17.6 Å². The van der Waals surface area contributed by atoms with Crippen LogP contribution in [0.4, 0.5) is 11.5 Å². The topological polar surface area (TPSA) is 98.5 Å². The van der Waals surface area contributed by atoms with Crippen molar-refractivity contribution in [2.75, 3.05) is 25.1 Å². The van der Waals surface area contributed by atoms with Crippen LogP contribution in [-0.2, 0) is 9.53 Å². The second-order valence-electron chi connectivity index (χ2n) is 6.31. The van der Waals surface area contributed by atoms with E-state index in [0.717, 1.165) is 25.1 Å². The molecule has 1 atom stereocenters. The summed E-state index contributed by atoms with van der Waals surface area (Å²) < 4.78 is 4.86. The second-order valence-corrected chi connectivity index (χ2v) is 6.31. The van der Waals surface area contributed by atoms with E-state index in [1.807, 2.05) is 17.9 Å². The Hall–Kier alpha value is -3.03. The molecular formula is C18H20N4O4. The number of rotatable bonds is 4. The van der Waals surface area contributed by atoms with E-state index in [0.29, 0.717) is 23.8 Å². The Bertz CT molecular complexity index is 840. The molecule has 26 heavy (non-hydrogen) atoms. The van der Waals surface area contributed by atoms with Gasteiger partial charge in [0.05, 0.1) is 18.0 Å². The Morgan fingerprint density at radius 1 is 1.35 bits per heavy atom. The summed E-state index contributed by atoms with van der Waals surface area (Å²) in [6, 6.07) is 8.13. The first-order valence-electron chi connectivity index (χ1n) is 8.41. The first kappa shape index (κ1) is 17.8. The van der Waals surface area contributed by atoms with Crippen LogP contribution >= 0.6 is 0 Å². The Kier molecular flexibility index (Phi) is 5.11. The molecule has 0 bridgehead atoms. The summed E-state index contributed by atoms with van der Waals surface area (Å²) in [6.07, 6.45) is 1.67. The summed E-state index contributed by atoms with van der Waals surface area (Å²) in [6.45, 7) is 3.18. The van der Waals surface area contributed by atoms with Crippen LogP contribution in [0.2, 0.25) is 0 Å². The number of nitro groups is 1. The SMILES string of the molecule is COC(=O)C1CCCN(c2cc(C)nc(-c3cccc([N+](=O)[O-])c3)n2)C1. The summed E-state index contributed by atoms with van der Waals surface area (Å²) in [4.78, 5) is 33.5. The van der Waals surface area contributed by atoms with Crippen LogP contribution in [0.5, 0.6) is 0 Å². The Balaban J connectivity index is 1.92. The van der Waals surface area contributed by atoms with E-state index in [2.05, 4.69) is 9.97 Å². The smallest absolute Gasteiger partial charge is 0.310 e. The number of aromatic nitrogens is 2. The van der Waals surface area contributed by atoms with Gasteiger partial charge in [0.25, 0.3) is 5.69 Å². The number of ether oxygens (including phenoxy) is 1. The van der Waals surface area contributed by atoms with Crippen molar-refractivity contribution in [2.24, 2.45) is 5.92 Å². The van der Waals surface area contributed by atoms with Crippen molar-refractivity contribution in [3.05, 3.63) is 46.1 Å². The molecule has 1 aromatic carbocycles. The molecule has 2 aromatic rings. The number of aryl methyl sites for hydroxylation is 1. The van der Waals surface area contributed by atoms with Gasteiger partial charge in [0.15, 0.2) is 5.82 Å². The van der Waals surface area contributed by atoms with Gasteiger partial charge >= 0.3 is 5.97 Å². The maximum absolute atomic E-state index is 11.9. The fraction of sp³-hybridized carbons (Fsp3) is 0.389. The largest absolute Gasteiger partial charge is 0.469 e. The number of nitro benzene ring substituents is 1. The first-order valence-corrected chi connectivity index (χ1v) is 8.41. The van der Waals surface area contributed by atoms with Gasteiger partial charge in [0, 0.05) is 42.5 Å². The van der Waals surface area contributed by atoms with E-state index < -0.39 is 4.92 Å². The van der Waals surface area contributed by atoms with Gasteiger partial charge in [-0.15, -0.1) is 0 Å². The van der Waals surface area contributed by atoms with E-state index in [1.54, 1.807) is 12.1 Å². The predicted octanol–water partition coefficient (Wildman–Crippen LogP) is 2.75. The molecule has 0 amide bonds. The molecule has 0 spiro atoms. The Morgan fingerprint density at radius 2 is 2.15 bits per heavy atom. The maximum Gasteiger partial charge on any atom is 0.310 e. The molecule has 8 nitrogen and oxygen atoms in total. The third kappa shape index (κ3) is 3.79. The Morgan fingerprint density at radius 3 is 2.88 bits per heavy atom. The van der Waals surface area contributed by atoms with Gasteiger partial charge in [-0.05, 0) is 19.8 Å². The molecular weight excluding hydrogens is 336 g/mol. The molecule has 1 unspecified atom stereocenters. The maximum atomic E-state index is 11.9. The molecule has 0 radical (unpaired) electrons. The van der Waals surface area contributed by atoms with E-state index in [1.165, 1.54) is 19.2 Å². The van der Waals surface area contributed by atoms with E-state index in [4.69, 9.17) is 4.74 Å². The molecule has 136 valence electrons. The summed E-state index contributed by atoms with van der Waals surface area (Å²) in [5, 5.41) is 11.0. The minimum atomic E-state index is -0.439. The average Bonchev–Trinajstić information content (AvgIpc) is 2.67. The van der Waals surface area contributed by atoms with E-state index in [9.17, 15) is 14.9 Å². The number of esters is 1. The lowest BCUT2D eigenvalue weighted by atomic mass is 9.98. The zero-order valence-electron chi connectivity index (χ0n) is 14.7. The lowest BCUT2D eigenvalue weighted by molar-refractivity contribution is -0.384. The number of nitrogens with zero attached hydrogens (tertiary/aromatic N) is 4. The van der Waals surface area contributed by atoms with Gasteiger partial charge in [-0.1, -0.05) is 12.1 Å². The van der Waals surface area contributed by atoms with Gasteiger partial charge in [0.2, 0.25) is 0 Å². The highest BCUT2D eigenvalue weighted by atomic mass is 16.6. The minimum absolute atomic E-state index is 0.00196. The van der Waals surface area contributed by atoms with Crippen LogP contribution in [0.3, 0.4) is 0 Å². The van der Waals surface area contributed by atoms with Crippen LogP contribution in [0.1, 0.15) is 18.5 Å².